The van der Waals surface area contributed by atoms with E-state index in [0.29, 0.717) is 38.1 Å². The molecule has 3 rings (SSSR count). The summed E-state index contributed by atoms with van der Waals surface area (Å²) in [5.41, 5.74) is 0.602. The number of carbonyl (C=O) groups excluding carboxylic acids is 2. The van der Waals surface area contributed by atoms with Crippen LogP contribution in [0.3, 0.4) is 0 Å². The molecule has 0 aromatic heterocycles. The molecule has 3 fully saturated rings. The number of hydrogen-bond donors (Lipinski definition) is 0. The first-order valence-electron chi connectivity index (χ1n) is 9.34. The molecule has 2 aliphatic heterocycles. The number of hydrogen-bond acceptors (Lipinski definition) is 3. The van der Waals surface area contributed by atoms with Gasteiger partial charge in [0.2, 0.25) is 11.8 Å². The summed E-state index contributed by atoms with van der Waals surface area (Å²) in [6.07, 6.45) is 9.58. The summed E-state index contributed by atoms with van der Waals surface area (Å²) in [6.45, 7) is 7.08. The lowest BCUT2D eigenvalue weighted by atomic mass is 9.68. The van der Waals surface area contributed by atoms with E-state index < -0.39 is 0 Å². The predicted octanol–water partition coefficient (Wildman–Crippen LogP) is 1.72. The second kappa shape index (κ2) is 7.20. The summed E-state index contributed by atoms with van der Waals surface area (Å²) in [4.78, 5) is 30.0. The Morgan fingerprint density at radius 1 is 0.783 bits per heavy atom. The van der Waals surface area contributed by atoms with Crippen molar-refractivity contribution in [2.75, 3.05) is 45.8 Å². The molecule has 0 bridgehead atoms. The number of likely N-dealkylation sites (tertiary alicyclic amines) is 1. The SMILES string of the molecule is CC(=O)N1CCN(C(=O)CN2CCC3(CCCCC3)CC2)CC1. The second-order valence-corrected chi connectivity index (χ2v) is 7.72. The third-order valence-corrected chi connectivity index (χ3v) is 6.27. The standard InChI is InChI=1S/C18H31N3O2/c1-16(22)20-11-13-21(14-12-20)17(23)15-19-9-7-18(8-10-19)5-3-2-4-6-18/h2-15H2,1H3. The van der Waals surface area contributed by atoms with E-state index in [1.807, 2.05) is 9.80 Å². The molecule has 0 radical (unpaired) electrons. The summed E-state index contributed by atoms with van der Waals surface area (Å²) < 4.78 is 0. The molecule has 0 N–H and O–H groups in total. The molecule has 1 aliphatic carbocycles. The highest BCUT2D eigenvalue weighted by Gasteiger charge is 2.36. The van der Waals surface area contributed by atoms with Crippen LogP contribution in [0.15, 0.2) is 0 Å². The van der Waals surface area contributed by atoms with Crippen LogP contribution in [0.25, 0.3) is 0 Å². The summed E-state index contributed by atoms with van der Waals surface area (Å²) in [7, 11) is 0. The number of amides is 2. The number of carbonyl (C=O) groups is 2. The van der Waals surface area contributed by atoms with Crippen molar-refractivity contribution >= 4 is 11.8 Å². The molecule has 0 aromatic rings. The molecular weight excluding hydrogens is 290 g/mol. The Bertz CT molecular complexity index is 428. The van der Waals surface area contributed by atoms with Gasteiger partial charge >= 0.3 is 0 Å². The van der Waals surface area contributed by atoms with E-state index in [4.69, 9.17) is 0 Å². The summed E-state index contributed by atoms with van der Waals surface area (Å²) >= 11 is 0. The molecule has 3 aliphatic rings. The molecule has 0 atom stereocenters. The Labute approximate surface area is 140 Å². The molecule has 0 aromatic carbocycles. The van der Waals surface area contributed by atoms with Gasteiger partial charge in [-0.25, -0.2) is 0 Å². The lowest BCUT2D eigenvalue weighted by molar-refractivity contribution is -0.139. The molecule has 130 valence electrons. The number of rotatable bonds is 2. The number of piperidine rings is 1. The lowest BCUT2D eigenvalue weighted by Crippen LogP contribution is -2.53. The molecule has 2 amide bonds. The predicted molar refractivity (Wildman–Crippen MR) is 90.0 cm³/mol. The monoisotopic (exact) mass is 321 g/mol. The van der Waals surface area contributed by atoms with Crippen LogP contribution >= 0.6 is 0 Å². The maximum absolute atomic E-state index is 12.5. The average Bonchev–Trinajstić information content (AvgIpc) is 2.58. The topological polar surface area (TPSA) is 43.9 Å². The highest BCUT2D eigenvalue weighted by Crippen LogP contribution is 2.44. The first kappa shape index (κ1) is 16.7. The van der Waals surface area contributed by atoms with Crippen molar-refractivity contribution in [3.8, 4) is 0 Å². The van der Waals surface area contributed by atoms with E-state index in [2.05, 4.69) is 4.90 Å². The van der Waals surface area contributed by atoms with Gasteiger partial charge in [0.05, 0.1) is 6.54 Å². The van der Waals surface area contributed by atoms with Crippen LogP contribution in [0.4, 0.5) is 0 Å². The van der Waals surface area contributed by atoms with Gasteiger partial charge in [-0.05, 0) is 44.2 Å². The Hall–Kier alpha value is -1.10. The minimum Gasteiger partial charge on any atom is -0.339 e. The van der Waals surface area contributed by atoms with Gasteiger partial charge in [-0.3, -0.25) is 14.5 Å². The average molecular weight is 321 g/mol. The van der Waals surface area contributed by atoms with Gasteiger partial charge in [-0.2, -0.15) is 0 Å². The van der Waals surface area contributed by atoms with Crippen molar-refractivity contribution < 1.29 is 9.59 Å². The third-order valence-electron chi connectivity index (χ3n) is 6.27. The second-order valence-electron chi connectivity index (χ2n) is 7.72. The van der Waals surface area contributed by atoms with Gasteiger partial charge < -0.3 is 9.80 Å². The highest BCUT2D eigenvalue weighted by atomic mass is 16.2. The van der Waals surface area contributed by atoms with E-state index in [0.717, 1.165) is 13.1 Å². The third kappa shape index (κ3) is 4.06. The minimum atomic E-state index is 0.117. The van der Waals surface area contributed by atoms with Crippen molar-refractivity contribution in [2.24, 2.45) is 5.41 Å². The van der Waals surface area contributed by atoms with E-state index in [1.54, 1.807) is 6.92 Å². The first-order valence-corrected chi connectivity index (χ1v) is 9.34. The van der Waals surface area contributed by atoms with Gasteiger partial charge in [0.15, 0.2) is 0 Å². The van der Waals surface area contributed by atoms with Crippen LogP contribution in [-0.2, 0) is 9.59 Å². The van der Waals surface area contributed by atoms with Gasteiger partial charge in [0.25, 0.3) is 0 Å². The van der Waals surface area contributed by atoms with Crippen LogP contribution in [0.5, 0.6) is 0 Å². The maximum Gasteiger partial charge on any atom is 0.236 e. The van der Waals surface area contributed by atoms with Crippen molar-refractivity contribution in [1.29, 1.82) is 0 Å². The van der Waals surface area contributed by atoms with Gasteiger partial charge in [0, 0.05) is 33.1 Å². The van der Waals surface area contributed by atoms with E-state index in [-0.39, 0.29) is 11.8 Å². The fraction of sp³-hybridized carbons (Fsp3) is 0.889. The molecule has 23 heavy (non-hydrogen) atoms. The fourth-order valence-electron chi connectivity index (χ4n) is 4.55. The molecule has 5 heteroatoms. The van der Waals surface area contributed by atoms with Crippen molar-refractivity contribution in [2.45, 2.75) is 51.9 Å². The molecule has 2 heterocycles. The summed E-state index contributed by atoms with van der Waals surface area (Å²) in [6, 6.07) is 0. The maximum atomic E-state index is 12.5. The van der Waals surface area contributed by atoms with Gasteiger partial charge in [-0.1, -0.05) is 19.3 Å². The molecule has 0 unspecified atom stereocenters. The Morgan fingerprint density at radius 2 is 1.35 bits per heavy atom. The highest BCUT2D eigenvalue weighted by molar-refractivity contribution is 5.79. The Kier molecular flexibility index (Phi) is 5.24. The summed E-state index contributed by atoms with van der Waals surface area (Å²) in [5, 5.41) is 0. The van der Waals surface area contributed by atoms with Crippen LogP contribution in [0.2, 0.25) is 0 Å². The molecule has 1 spiro atoms. The van der Waals surface area contributed by atoms with Crippen molar-refractivity contribution in [3.63, 3.8) is 0 Å². The molecule has 5 nitrogen and oxygen atoms in total. The molecular formula is C18H31N3O2. The van der Waals surface area contributed by atoms with E-state index >= 15 is 0 Å². The van der Waals surface area contributed by atoms with Crippen LogP contribution < -0.4 is 0 Å². The van der Waals surface area contributed by atoms with Crippen molar-refractivity contribution in [3.05, 3.63) is 0 Å². The first-order chi connectivity index (χ1) is 11.1. The van der Waals surface area contributed by atoms with Crippen molar-refractivity contribution in [1.82, 2.24) is 14.7 Å². The van der Waals surface area contributed by atoms with Crippen LogP contribution in [-0.4, -0.2) is 72.3 Å². The Morgan fingerprint density at radius 3 is 1.91 bits per heavy atom. The van der Waals surface area contributed by atoms with Crippen LogP contribution in [0.1, 0.15) is 51.9 Å². The lowest BCUT2D eigenvalue weighted by Gasteiger charge is -2.44. The number of piperazine rings is 1. The van der Waals surface area contributed by atoms with Crippen LogP contribution in [0, 0.1) is 5.41 Å². The zero-order chi connectivity index (χ0) is 16.3. The van der Waals surface area contributed by atoms with E-state index in [1.165, 1.54) is 44.9 Å². The quantitative estimate of drug-likeness (QED) is 0.778. The Balaban J connectivity index is 1.42. The zero-order valence-electron chi connectivity index (χ0n) is 14.6. The zero-order valence-corrected chi connectivity index (χ0v) is 14.6. The number of nitrogens with zero attached hydrogens (tertiary/aromatic N) is 3. The minimum absolute atomic E-state index is 0.117. The summed E-state index contributed by atoms with van der Waals surface area (Å²) in [5.74, 6) is 0.360. The van der Waals surface area contributed by atoms with E-state index in [9.17, 15) is 9.59 Å². The molecule has 2 saturated heterocycles. The fourth-order valence-corrected chi connectivity index (χ4v) is 4.55. The largest absolute Gasteiger partial charge is 0.339 e. The normalized spacial score (nSPS) is 25.6. The molecule has 1 saturated carbocycles. The van der Waals surface area contributed by atoms with Gasteiger partial charge in [0.1, 0.15) is 0 Å². The van der Waals surface area contributed by atoms with Gasteiger partial charge in [-0.15, -0.1) is 0 Å². The smallest absolute Gasteiger partial charge is 0.236 e.